The second-order valence-corrected chi connectivity index (χ2v) is 3.36. The van der Waals surface area contributed by atoms with Gasteiger partial charge >= 0.3 is 0 Å². The number of amides is 1. The Bertz CT molecular complexity index is 295. The van der Waals surface area contributed by atoms with Crippen molar-refractivity contribution in [1.29, 1.82) is 0 Å². The average molecular weight is 180 g/mol. The zero-order valence-electron chi connectivity index (χ0n) is 7.16. The molecule has 1 heterocycles. The van der Waals surface area contributed by atoms with Crippen LogP contribution in [0.2, 0.25) is 0 Å². The van der Waals surface area contributed by atoms with E-state index in [0.717, 1.165) is 6.42 Å². The van der Waals surface area contributed by atoms with E-state index in [0.29, 0.717) is 5.56 Å². The second kappa shape index (κ2) is 3.22. The van der Waals surface area contributed by atoms with Crippen molar-refractivity contribution in [2.24, 2.45) is 5.92 Å². The number of carbonyl (C=O) groups is 1. The molecule has 1 aromatic heterocycles. The molecule has 2 unspecified atom stereocenters. The molecule has 0 bridgehead atoms. The van der Waals surface area contributed by atoms with E-state index in [9.17, 15) is 4.79 Å². The Balaban J connectivity index is 1.87. The van der Waals surface area contributed by atoms with Crippen molar-refractivity contribution in [3.8, 4) is 0 Å². The van der Waals surface area contributed by atoms with Crippen molar-refractivity contribution in [2.75, 3.05) is 6.61 Å². The zero-order chi connectivity index (χ0) is 9.26. The van der Waals surface area contributed by atoms with Gasteiger partial charge in [0.25, 0.3) is 5.91 Å². The molecule has 70 valence electrons. The number of hydrogen-bond acceptors (Lipinski definition) is 2. The Hall–Kier alpha value is -1.29. The molecule has 1 aromatic rings. The summed E-state index contributed by atoms with van der Waals surface area (Å²) in [5.41, 5.74) is 0.642. The van der Waals surface area contributed by atoms with Crippen molar-refractivity contribution in [3.63, 3.8) is 0 Å². The number of hydrogen-bond donors (Lipinski definition) is 3. The topological polar surface area (TPSA) is 65.1 Å². The number of H-pyrrole nitrogens is 1. The first-order valence-corrected chi connectivity index (χ1v) is 4.36. The first-order valence-electron chi connectivity index (χ1n) is 4.36. The van der Waals surface area contributed by atoms with Crippen molar-refractivity contribution in [3.05, 3.63) is 24.0 Å². The summed E-state index contributed by atoms with van der Waals surface area (Å²) in [6, 6.07) is 1.90. The number of aliphatic hydroxyl groups excluding tert-OH is 1. The highest BCUT2D eigenvalue weighted by Gasteiger charge is 2.37. The van der Waals surface area contributed by atoms with Crippen LogP contribution in [0.15, 0.2) is 18.5 Å². The van der Waals surface area contributed by atoms with Gasteiger partial charge in [0, 0.05) is 31.0 Å². The Morgan fingerprint density at radius 3 is 3.15 bits per heavy atom. The van der Waals surface area contributed by atoms with Crippen molar-refractivity contribution in [1.82, 2.24) is 10.3 Å². The van der Waals surface area contributed by atoms with Gasteiger partial charge in [-0.1, -0.05) is 0 Å². The highest BCUT2D eigenvalue weighted by Crippen LogP contribution is 2.29. The quantitative estimate of drug-likeness (QED) is 0.618. The number of aromatic amines is 1. The van der Waals surface area contributed by atoms with Gasteiger partial charge in [0.2, 0.25) is 0 Å². The lowest BCUT2D eigenvalue weighted by Gasteiger charge is -2.00. The molecule has 1 aliphatic carbocycles. The third kappa shape index (κ3) is 1.72. The fourth-order valence-electron chi connectivity index (χ4n) is 1.34. The molecule has 0 aromatic carbocycles. The summed E-state index contributed by atoms with van der Waals surface area (Å²) < 4.78 is 0. The standard InChI is InChI=1S/C9H12N2O2/c12-5-7-3-8(7)11-9(13)6-1-2-10-4-6/h1-2,4,7-8,10,12H,3,5H2,(H,11,13). The Labute approximate surface area is 76.0 Å². The molecular formula is C9H12N2O2. The summed E-state index contributed by atoms with van der Waals surface area (Å²) in [4.78, 5) is 14.2. The van der Waals surface area contributed by atoms with Crippen LogP contribution >= 0.6 is 0 Å². The molecular weight excluding hydrogens is 168 g/mol. The third-order valence-corrected chi connectivity index (χ3v) is 2.33. The van der Waals surface area contributed by atoms with E-state index in [-0.39, 0.29) is 24.5 Å². The molecule has 0 radical (unpaired) electrons. The van der Waals surface area contributed by atoms with E-state index in [1.807, 2.05) is 0 Å². The maximum Gasteiger partial charge on any atom is 0.253 e. The van der Waals surface area contributed by atoms with Gasteiger partial charge < -0.3 is 15.4 Å². The van der Waals surface area contributed by atoms with Crippen LogP contribution in [0.4, 0.5) is 0 Å². The fraction of sp³-hybridized carbons (Fsp3) is 0.444. The van der Waals surface area contributed by atoms with E-state index in [1.165, 1.54) is 0 Å². The molecule has 1 amide bonds. The average Bonchev–Trinajstić information content (AvgIpc) is 2.68. The van der Waals surface area contributed by atoms with Gasteiger partial charge in [0.05, 0.1) is 5.56 Å². The Morgan fingerprint density at radius 1 is 1.77 bits per heavy atom. The SMILES string of the molecule is O=C(NC1CC1CO)c1cc[nH]c1. The lowest BCUT2D eigenvalue weighted by atomic mass is 10.3. The minimum absolute atomic E-state index is 0.0674. The Kier molecular flexibility index (Phi) is 2.06. The van der Waals surface area contributed by atoms with E-state index in [1.54, 1.807) is 18.5 Å². The fourth-order valence-corrected chi connectivity index (χ4v) is 1.34. The number of nitrogens with one attached hydrogen (secondary N) is 2. The zero-order valence-corrected chi connectivity index (χ0v) is 7.16. The first kappa shape index (κ1) is 8.31. The summed E-state index contributed by atoms with van der Waals surface area (Å²) in [5, 5.41) is 11.6. The Morgan fingerprint density at radius 2 is 2.62 bits per heavy atom. The molecule has 13 heavy (non-hydrogen) atoms. The summed E-state index contributed by atoms with van der Waals surface area (Å²) in [6.07, 6.45) is 4.27. The van der Waals surface area contributed by atoms with Gasteiger partial charge in [-0.05, 0) is 12.5 Å². The van der Waals surface area contributed by atoms with Crippen LogP contribution in [-0.4, -0.2) is 28.6 Å². The molecule has 0 aliphatic heterocycles. The molecule has 1 saturated carbocycles. The predicted molar refractivity (Wildman–Crippen MR) is 47.2 cm³/mol. The van der Waals surface area contributed by atoms with E-state index in [4.69, 9.17) is 5.11 Å². The molecule has 2 atom stereocenters. The minimum Gasteiger partial charge on any atom is -0.396 e. The van der Waals surface area contributed by atoms with Gasteiger partial charge in [-0.15, -0.1) is 0 Å². The van der Waals surface area contributed by atoms with Crippen LogP contribution in [0.5, 0.6) is 0 Å². The van der Waals surface area contributed by atoms with Crippen LogP contribution in [0.1, 0.15) is 16.8 Å². The lowest BCUT2D eigenvalue weighted by Crippen LogP contribution is -2.26. The largest absolute Gasteiger partial charge is 0.396 e. The van der Waals surface area contributed by atoms with Gasteiger partial charge in [-0.25, -0.2) is 0 Å². The monoisotopic (exact) mass is 180 g/mol. The van der Waals surface area contributed by atoms with Crippen molar-refractivity contribution >= 4 is 5.91 Å². The van der Waals surface area contributed by atoms with Crippen molar-refractivity contribution in [2.45, 2.75) is 12.5 Å². The lowest BCUT2D eigenvalue weighted by molar-refractivity contribution is 0.0947. The molecule has 0 saturated heterocycles. The first-order chi connectivity index (χ1) is 6.31. The van der Waals surface area contributed by atoms with Crippen LogP contribution in [0.25, 0.3) is 0 Å². The predicted octanol–water partition coefficient (Wildman–Crippen LogP) is 0.125. The number of rotatable bonds is 3. The van der Waals surface area contributed by atoms with E-state index >= 15 is 0 Å². The normalized spacial score (nSPS) is 25.6. The molecule has 4 heteroatoms. The van der Waals surface area contributed by atoms with Gasteiger partial charge in [-0.3, -0.25) is 4.79 Å². The highest BCUT2D eigenvalue weighted by molar-refractivity contribution is 5.94. The molecule has 0 spiro atoms. The maximum absolute atomic E-state index is 11.4. The van der Waals surface area contributed by atoms with Gasteiger partial charge in [0.1, 0.15) is 0 Å². The van der Waals surface area contributed by atoms with Crippen LogP contribution in [0.3, 0.4) is 0 Å². The van der Waals surface area contributed by atoms with Gasteiger partial charge in [-0.2, -0.15) is 0 Å². The molecule has 1 fully saturated rings. The molecule has 1 aliphatic rings. The molecule has 3 N–H and O–H groups in total. The van der Waals surface area contributed by atoms with Crippen LogP contribution in [0, 0.1) is 5.92 Å². The molecule has 2 rings (SSSR count). The van der Waals surface area contributed by atoms with Crippen LogP contribution < -0.4 is 5.32 Å². The summed E-state index contributed by atoms with van der Waals surface area (Å²) in [7, 11) is 0. The highest BCUT2D eigenvalue weighted by atomic mass is 16.3. The van der Waals surface area contributed by atoms with Crippen LogP contribution in [-0.2, 0) is 0 Å². The second-order valence-electron chi connectivity index (χ2n) is 3.36. The number of carbonyl (C=O) groups excluding carboxylic acids is 1. The minimum atomic E-state index is -0.0674. The van der Waals surface area contributed by atoms with Gasteiger partial charge in [0.15, 0.2) is 0 Å². The summed E-state index contributed by atoms with van der Waals surface area (Å²) in [5.74, 6) is 0.199. The van der Waals surface area contributed by atoms with E-state index in [2.05, 4.69) is 10.3 Å². The molecule has 4 nitrogen and oxygen atoms in total. The third-order valence-electron chi connectivity index (χ3n) is 2.33. The van der Waals surface area contributed by atoms with E-state index < -0.39 is 0 Å². The summed E-state index contributed by atoms with van der Waals surface area (Å²) >= 11 is 0. The number of aliphatic hydroxyl groups is 1. The summed E-state index contributed by atoms with van der Waals surface area (Å²) in [6.45, 7) is 0.165. The smallest absolute Gasteiger partial charge is 0.253 e. The number of aromatic nitrogens is 1. The maximum atomic E-state index is 11.4. The van der Waals surface area contributed by atoms with Crippen molar-refractivity contribution < 1.29 is 9.90 Å².